The molecule has 0 saturated carbocycles. The van der Waals surface area contributed by atoms with Gasteiger partial charge in [-0.3, -0.25) is 0 Å². The van der Waals surface area contributed by atoms with E-state index in [1.54, 1.807) is 48.5 Å². The Labute approximate surface area is 152 Å². The minimum atomic E-state index is -0.283. The smallest absolute Gasteiger partial charge is 0.323 e. The number of nitrogens with two attached hydrogens (primary N) is 1. The summed E-state index contributed by atoms with van der Waals surface area (Å²) < 4.78 is 5.74. The predicted molar refractivity (Wildman–Crippen MR) is 106 cm³/mol. The van der Waals surface area contributed by atoms with Gasteiger partial charge >= 0.3 is 6.03 Å². The van der Waals surface area contributed by atoms with Crippen molar-refractivity contribution in [2.75, 3.05) is 16.4 Å². The van der Waals surface area contributed by atoms with Crippen molar-refractivity contribution in [2.24, 2.45) is 0 Å². The Morgan fingerprint density at radius 1 is 0.808 bits per heavy atom. The third-order valence-electron chi connectivity index (χ3n) is 3.95. The van der Waals surface area contributed by atoms with Gasteiger partial charge in [0.15, 0.2) is 0 Å². The van der Waals surface area contributed by atoms with E-state index in [2.05, 4.69) is 10.6 Å². The number of anilines is 3. The highest BCUT2D eigenvalue weighted by Gasteiger charge is 2.07. The lowest BCUT2D eigenvalue weighted by Crippen LogP contribution is -2.20. The number of benzene rings is 3. The number of nitrogen functional groups attached to an aromatic ring is 1. The van der Waals surface area contributed by atoms with Crippen LogP contribution in [-0.2, 0) is 0 Å². The fourth-order valence-corrected chi connectivity index (χ4v) is 2.57. The maximum absolute atomic E-state index is 12.2. The fraction of sp³-hybridized carbons (Fsp3) is 0.0952. The lowest BCUT2D eigenvalue weighted by molar-refractivity contribution is 0.262. The van der Waals surface area contributed by atoms with E-state index >= 15 is 0 Å². The van der Waals surface area contributed by atoms with Crippen molar-refractivity contribution in [2.45, 2.75) is 13.8 Å². The third-order valence-corrected chi connectivity index (χ3v) is 3.95. The Morgan fingerprint density at radius 2 is 1.35 bits per heavy atom. The van der Waals surface area contributed by atoms with Crippen LogP contribution >= 0.6 is 0 Å². The number of urea groups is 1. The lowest BCUT2D eigenvalue weighted by Gasteiger charge is -2.13. The number of ether oxygens (including phenoxy) is 1. The van der Waals surface area contributed by atoms with E-state index in [1.807, 2.05) is 32.0 Å². The summed E-state index contributed by atoms with van der Waals surface area (Å²) in [5.41, 5.74) is 9.89. The van der Waals surface area contributed by atoms with Crippen molar-refractivity contribution in [3.8, 4) is 11.5 Å². The Hall–Kier alpha value is -3.47. The van der Waals surface area contributed by atoms with Crippen LogP contribution in [0, 0.1) is 13.8 Å². The van der Waals surface area contributed by atoms with Crippen LogP contribution in [0.2, 0.25) is 0 Å². The summed E-state index contributed by atoms with van der Waals surface area (Å²) in [5.74, 6) is 1.38. The summed E-state index contributed by atoms with van der Waals surface area (Å²) in [6.07, 6.45) is 0. The van der Waals surface area contributed by atoms with Crippen molar-refractivity contribution in [1.82, 2.24) is 0 Å². The molecular weight excluding hydrogens is 326 g/mol. The molecule has 0 aliphatic carbocycles. The van der Waals surface area contributed by atoms with Gasteiger partial charge in [0, 0.05) is 17.1 Å². The minimum Gasteiger partial charge on any atom is -0.457 e. The number of rotatable bonds is 4. The number of carbonyl (C=O) groups is 1. The molecule has 0 saturated heterocycles. The van der Waals surface area contributed by atoms with Crippen LogP contribution in [0.3, 0.4) is 0 Å². The molecule has 0 bridgehead atoms. The molecule has 0 aliphatic heterocycles. The second kappa shape index (κ2) is 7.61. The molecule has 0 atom stereocenters. The van der Waals surface area contributed by atoms with Gasteiger partial charge in [-0.25, -0.2) is 4.79 Å². The molecule has 3 rings (SSSR count). The standard InChI is InChI=1S/C21H21N3O2/c1-14-4-3-5-15(2)20(14)24-21(25)23-17-8-12-19(13-9-17)26-18-10-6-16(22)7-11-18/h3-13H,22H2,1-2H3,(H2,23,24,25). The molecule has 5 heteroatoms. The second-order valence-electron chi connectivity index (χ2n) is 6.04. The van der Waals surface area contributed by atoms with Gasteiger partial charge in [0.05, 0.1) is 0 Å². The van der Waals surface area contributed by atoms with Crippen molar-refractivity contribution < 1.29 is 9.53 Å². The van der Waals surface area contributed by atoms with Gasteiger partial charge in [-0.2, -0.15) is 0 Å². The summed E-state index contributed by atoms with van der Waals surface area (Å²) in [5, 5.41) is 5.71. The Morgan fingerprint density at radius 3 is 1.92 bits per heavy atom. The van der Waals surface area contributed by atoms with Crippen molar-refractivity contribution in [3.05, 3.63) is 77.9 Å². The van der Waals surface area contributed by atoms with Crippen LogP contribution in [0.15, 0.2) is 66.7 Å². The fourth-order valence-electron chi connectivity index (χ4n) is 2.57. The highest BCUT2D eigenvalue weighted by molar-refractivity contribution is 6.00. The normalized spacial score (nSPS) is 10.2. The van der Waals surface area contributed by atoms with Gasteiger partial charge in [-0.05, 0) is 73.5 Å². The molecule has 0 unspecified atom stereocenters. The zero-order chi connectivity index (χ0) is 18.5. The zero-order valence-electron chi connectivity index (χ0n) is 14.7. The van der Waals surface area contributed by atoms with Crippen LogP contribution in [0.25, 0.3) is 0 Å². The first-order chi connectivity index (χ1) is 12.5. The molecule has 0 heterocycles. The van der Waals surface area contributed by atoms with Gasteiger partial charge in [-0.15, -0.1) is 0 Å². The van der Waals surface area contributed by atoms with E-state index in [0.717, 1.165) is 16.8 Å². The number of aryl methyl sites for hydroxylation is 2. The molecule has 3 aromatic rings. The molecule has 3 aromatic carbocycles. The summed E-state index contributed by atoms with van der Waals surface area (Å²) in [4.78, 5) is 12.2. The SMILES string of the molecule is Cc1cccc(C)c1NC(=O)Nc1ccc(Oc2ccc(N)cc2)cc1. The van der Waals surface area contributed by atoms with Crippen LogP contribution in [-0.4, -0.2) is 6.03 Å². The second-order valence-corrected chi connectivity index (χ2v) is 6.04. The molecule has 0 radical (unpaired) electrons. The molecule has 2 amide bonds. The summed E-state index contributed by atoms with van der Waals surface area (Å²) >= 11 is 0. The van der Waals surface area contributed by atoms with E-state index in [1.165, 1.54) is 0 Å². The van der Waals surface area contributed by atoms with Crippen LogP contribution in [0.4, 0.5) is 21.9 Å². The number of hydrogen-bond donors (Lipinski definition) is 3. The van der Waals surface area contributed by atoms with Crippen LogP contribution in [0.1, 0.15) is 11.1 Å². The topological polar surface area (TPSA) is 76.4 Å². The summed E-state index contributed by atoms with van der Waals surface area (Å²) in [6.45, 7) is 3.93. The largest absolute Gasteiger partial charge is 0.457 e. The van der Waals surface area contributed by atoms with Gasteiger partial charge < -0.3 is 21.1 Å². The van der Waals surface area contributed by atoms with Crippen LogP contribution < -0.4 is 21.1 Å². The van der Waals surface area contributed by atoms with E-state index in [4.69, 9.17) is 10.5 Å². The van der Waals surface area contributed by atoms with Gasteiger partial charge in [0.2, 0.25) is 0 Å². The van der Waals surface area contributed by atoms with Crippen molar-refractivity contribution in [1.29, 1.82) is 0 Å². The number of hydrogen-bond acceptors (Lipinski definition) is 3. The number of amides is 2. The average Bonchev–Trinajstić information content (AvgIpc) is 2.62. The molecular formula is C21H21N3O2. The monoisotopic (exact) mass is 347 g/mol. The highest BCUT2D eigenvalue weighted by atomic mass is 16.5. The molecule has 0 aliphatic rings. The van der Waals surface area contributed by atoms with Gasteiger partial charge in [-0.1, -0.05) is 18.2 Å². The molecule has 0 aromatic heterocycles. The number of para-hydroxylation sites is 1. The molecule has 132 valence electrons. The zero-order valence-corrected chi connectivity index (χ0v) is 14.7. The quantitative estimate of drug-likeness (QED) is 0.559. The van der Waals surface area contributed by atoms with Crippen molar-refractivity contribution in [3.63, 3.8) is 0 Å². The number of nitrogens with one attached hydrogen (secondary N) is 2. The van der Waals surface area contributed by atoms with Crippen molar-refractivity contribution >= 4 is 23.1 Å². The summed E-state index contributed by atoms with van der Waals surface area (Å²) in [6, 6.07) is 20.0. The Balaban J connectivity index is 1.62. The number of carbonyl (C=O) groups excluding carboxylic acids is 1. The van der Waals surface area contributed by atoms with Crippen LogP contribution in [0.5, 0.6) is 11.5 Å². The third kappa shape index (κ3) is 4.33. The van der Waals surface area contributed by atoms with E-state index in [0.29, 0.717) is 22.9 Å². The molecule has 0 fully saturated rings. The first-order valence-electron chi connectivity index (χ1n) is 8.29. The first kappa shape index (κ1) is 17.4. The maximum atomic E-state index is 12.2. The van der Waals surface area contributed by atoms with E-state index < -0.39 is 0 Å². The molecule has 5 nitrogen and oxygen atoms in total. The van der Waals surface area contributed by atoms with E-state index in [-0.39, 0.29) is 6.03 Å². The maximum Gasteiger partial charge on any atom is 0.323 e. The Bertz CT molecular complexity index is 883. The predicted octanol–water partition coefficient (Wildman–Crippen LogP) is 5.32. The summed E-state index contributed by atoms with van der Waals surface area (Å²) in [7, 11) is 0. The highest BCUT2D eigenvalue weighted by Crippen LogP contribution is 2.24. The van der Waals surface area contributed by atoms with Gasteiger partial charge in [0.25, 0.3) is 0 Å². The molecule has 26 heavy (non-hydrogen) atoms. The first-order valence-corrected chi connectivity index (χ1v) is 8.29. The van der Waals surface area contributed by atoms with E-state index in [9.17, 15) is 4.79 Å². The lowest BCUT2D eigenvalue weighted by atomic mass is 10.1. The Kier molecular flexibility index (Phi) is 5.08. The average molecular weight is 347 g/mol. The van der Waals surface area contributed by atoms with Gasteiger partial charge in [0.1, 0.15) is 11.5 Å². The molecule has 4 N–H and O–H groups in total. The minimum absolute atomic E-state index is 0.283. The molecule has 0 spiro atoms.